The highest BCUT2D eigenvalue weighted by Crippen LogP contribution is 2.24. The quantitative estimate of drug-likeness (QED) is 0.838. The van der Waals surface area contributed by atoms with Crippen LogP contribution in [-0.2, 0) is 4.74 Å². The maximum Gasteiger partial charge on any atom is 0.145 e. The smallest absolute Gasteiger partial charge is 0.145 e. The van der Waals surface area contributed by atoms with Crippen molar-refractivity contribution in [3.8, 4) is 17.0 Å². The highest BCUT2D eigenvalue weighted by Gasteiger charge is 2.20. The maximum absolute atomic E-state index is 5.73. The Hall–Kier alpha value is -2.01. The summed E-state index contributed by atoms with van der Waals surface area (Å²) in [5.41, 5.74) is 7.47. The summed E-state index contributed by atoms with van der Waals surface area (Å²) in [5.74, 6) is 1.32. The van der Waals surface area contributed by atoms with Gasteiger partial charge >= 0.3 is 0 Å². The van der Waals surface area contributed by atoms with Crippen molar-refractivity contribution in [3.63, 3.8) is 0 Å². The van der Waals surface area contributed by atoms with Crippen LogP contribution >= 0.6 is 0 Å². The molecule has 1 aromatic carbocycles. The maximum atomic E-state index is 5.73. The highest BCUT2D eigenvalue weighted by atomic mass is 16.6. The number of ether oxygens (including phenoxy) is 2. The zero-order valence-corrected chi connectivity index (χ0v) is 9.22. The van der Waals surface area contributed by atoms with Gasteiger partial charge in [-0.3, -0.25) is 5.10 Å². The molecule has 1 aromatic heterocycles. The van der Waals surface area contributed by atoms with Gasteiger partial charge in [0, 0.05) is 11.6 Å². The minimum absolute atomic E-state index is 0.178. The number of nitrogens with two attached hydrogens (primary N) is 1. The molecule has 1 aliphatic rings. The van der Waals surface area contributed by atoms with Crippen molar-refractivity contribution in [3.05, 3.63) is 30.3 Å². The van der Waals surface area contributed by atoms with E-state index in [-0.39, 0.29) is 6.10 Å². The van der Waals surface area contributed by atoms with Crippen LogP contribution in [0.25, 0.3) is 11.3 Å². The van der Waals surface area contributed by atoms with Crippen LogP contribution in [0, 0.1) is 0 Å². The van der Waals surface area contributed by atoms with Crippen molar-refractivity contribution in [2.75, 3.05) is 18.9 Å². The van der Waals surface area contributed by atoms with Gasteiger partial charge in [-0.1, -0.05) is 12.1 Å². The van der Waals surface area contributed by atoms with Crippen molar-refractivity contribution < 1.29 is 9.47 Å². The van der Waals surface area contributed by atoms with E-state index in [1.807, 2.05) is 24.3 Å². The number of rotatable bonds is 3. The SMILES string of the molecule is Nc1cc(-c2cccc(OC3COC3)c2)[nH]n1. The van der Waals surface area contributed by atoms with Crippen molar-refractivity contribution in [1.29, 1.82) is 0 Å². The van der Waals surface area contributed by atoms with Gasteiger partial charge in [-0.15, -0.1) is 0 Å². The Bertz CT molecular complexity index is 520. The number of nitrogens with one attached hydrogen (secondary N) is 1. The van der Waals surface area contributed by atoms with Crippen molar-refractivity contribution >= 4 is 5.82 Å². The van der Waals surface area contributed by atoms with Crippen molar-refractivity contribution in [1.82, 2.24) is 10.2 Å². The predicted molar refractivity (Wildman–Crippen MR) is 63.7 cm³/mol. The molecule has 0 atom stereocenters. The molecule has 0 unspecified atom stereocenters. The van der Waals surface area contributed by atoms with Crippen LogP contribution in [0.4, 0.5) is 5.82 Å². The number of nitrogens with zero attached hydrogens (tertiary/aromatic N) is 1. The van der Waals surface area contributed by atoms with E-state index in [0.29, 0.717) is 19.0 Å². The molecule has 0 spiro atoms. The minimum atomic E-state index is 0.178. The molecule has 0 aliphatic carbocycles. The van der Waals surface area contributed by atoms with Crippen LogP contribution in [0.15, 0.2) is 30.3 Å². The highest BCUT2D eigenvalue weighted by molar-refractivity contribution is 5.63. The zero-order valence-electron chi connectivity index (χ0n) is 9.22. The second-order valence-corrected chi connectivity index (χ2v) is 4.01. The molecule has 5 heteroatoms. The molecular weight excluding hydrogens is 218 g/mol. The summed E-state index contributed by atoms with van der Waals surface area (Å²) in [6.45, 7) is 1.34. The topological polar surface area (TPSA) is 73.2 Å². The molecule has 2 aromatic rings. The molecule has 3 rings (SSSR count). The van der Waals surface area contributed by atoms with Gasteiger partial charge in [-0.05, 0) is 12.1 Å². The first-order chi connectivity index (χ1) is 8.31. The number of anilines is 1. The Balaban J connectivity index is 1.82. The van der Waals surface area contributed by atoms with Crippen LogP contribution < -0.4 is 10.5 Å². The summed E-state index contributed by atoms with van der Waals surface area (Å²) in [6, 6.07) is 9.62. The molecule has 5 nitrogen and oxygen atoms in total. The minimum Gasteiger partial charge on any atom is -0.486 e. The summed E-state index contributed by atoms with van der Waals surface area (Å²) >= 11 is 0. The molecule has 17 heavy (non-hydrogen) atoms. The fraction of sp³-hybridized carbons (Fsp3) is 0.250. The van der Waals surface area contributed by atoms with Gasteiger partial charge in [-0.25, -0.2) is 0 Å². The summed E-state index contributed by atoms with van der Waals surface area (Å²) in [6.07, 6.45) is 0.178. The van der Waals surface area contributed by atoms with Gasteiger partial charge in [0.1, 0.15) is 17.7 Å². The molecule has 1 aliphatic heterocycles. The lowest BCUT2D eigenvalue weighted by Gasteiger charge is -2.26. The predicted octanol–water partition coefficient (Wildman–Crippen LogP) is 1.44. The summed E-state index contributed by atoms with van der Waals surface area (Å²) in [7, 11) is 0. The van der Waals surface area contributed by atoms with Gasteiger partial charge in [0.25, 0.3) is 0 Å². The fourth-order valence-corrected chi connectivity index (χ4v) is 1.70. The molecule has 0 saturated carbocycles. The average molecular weight is 231 g/mol. The standard InChI is InChI=1S/C12H13N3O2/c13-12-5-11(14-15-12)8-2-1-3-9(4-8)17-10-6-16-7-10/h1-5,10H,6-7H2,(H3,13,14,15). The van der Waals surface area contributed by atoms with Gasteiger partial charge in [0.15, 0.2) is 0 Å². The molecule has 2 heterocycles. The number of H-pyrrole nitrogens is 1. The van der Waals surface area contributed by atoms with E-state index in [1.54, 1.807) is 6.07 Å². The fourth-order valence-electron chi connectivity index (χ4n) is 1.70. The zero-order chi connectivity index (χ0) is 11.7. The second-order valence-electron chi connectivity index (χ2n) is 4.01. The van der Waals surface area contributed by atoms with Crippen LogP contribution in [0.1, 0.15) is 0 Å². The van der Waals surface area contributed by atoms with E-state index in [4.69, 9.17) is 15.2 Å². The first-order valence-electron chi connectivity index (χ1n) is 5.47. The van der Waals surface area contributed by atoms with Crippen LogP contribution in [-0.4, -0.2) is 29.5 Å². The first-order valence-corrected chi connectivity index (χ1v) is 5.47. The number of hydrogen-bond acceptors (Lipinski definition) is 4. The number of hydrogen-bond donors (Lipinski definition) is 2. The van der Waals surface area contributed by atoms with Gasteiger partial charge in [-0.2, -0.15) is 5.10 Å². The Morgan fingerprint density at radius 2 is 2.24 bits per heavy atom. The van der Waals surface area contributed by atoms with E-state index in [2.05, 4.69) is 10.2 Å². The molecule has 88 valence electrons. The molecule has 0 amide bonds. The van der Waals surface area contributed by atoms with Crippen molar-refractivity contribution in [2.45, 2.75) is 6.10 Å². The average Bonchev–Trinajstić information content (AvgIpc) is 2.71. The molecule has 0 radical (unpaired) electrons. The van der Waals surface area contributed by atoms with E-state index in [9.17, 15) is 0 Å². The van der Waals surface area contributed by atoms with E-state index < -0.39 is 0 Å². The third-order valence-electron chi connectivity index (χ3n) is 2.65. The third-order valence-corrected chi connectivity index (χ3v) is 2.65. The Labute approximate surface area is 98.5 Å². The van der Waals surface area contributed by atoms with Crippen LogP contribution in [0.2, 0.25) is 0 Å². The van der Waals surface area contributed by atoms with Gasteiger partial charge in [0.2, 0.25) is 0 Å². The monoisotopic (exact) mass is 231 g/mol. The van der Waals surface area contributed by atoms with Gasteiger partial charge in [0.05, 0.1) is 18.9 Å². The second kappa shape index (κ2) is 4.10. The summed E-state index contributed by atoms with van der Waals surface area (Å²) in [4.78, 5) is 0. The normalized spacial score (nSPS) is 15.5. The Morgan fingerprint density at radius 3 is 2.88 bits per heavy atom. The third kappa shape index (κ3) is 2.09. The largest absolute Gasteiger partial charge is 0.486 e. The number of aromatic nitrogens is 2. The molecule has 3 N–H and O–H groups in total. The molecular formula is C12H13N3O2. The molecule has 1 fully saturated rings. The van der Waals surface area contributed by atoms with Crippen LogP contribution in [0.5, 0.6) is 5.75 Å². The molecule has 0 bridgehead atoms. The van der Waals surface area contributed by atoms with E-state index in [1.165, 1.54) is 0 Å². The number of benzene rings is 1. The van der Waals surface area contributed by atoms with Crippen LogP contribution in [0.3, 0.4) is 0 Å². The lowest BCUT2D eigenvalue weighted by molar-refractivity contribution is -0.0796. The molecule has 1 saturated heterocycles. The number of nitrogen functional groups attached to an aromatic ring is 1. The van der Waals surface area contributed by atoms with E-state index >= 15 is 0 Å². The lowest BCUT2D eigenvalue weighted by Crippen LogP contribution is -2.38. The first kappa shape index (κ1) is 10.2. The Morgan fingerprint density at radius 1 is 1.35 bits per heavy atom. The summed E-state index contributed by atoms with van der Waals surface area (Å²) in [5, 5.41) is 6.78. The van der Waals surface area contributed by atoms with Crippen molar-refractivity contribution in [2.24, 2.45) is 0 Å². The van der Waals surface area contributed by atoms with E-state index in [0.717, 1.165) is 17.0 Å². The lowest BCUT2D eigenvalue weighted by atomic mass is 10.1. The Kier molecular flexibility index (Phi) is 2.45. The number of aromatic amines is 1. The van der Waals surface area contributed by atoms with Gasteiger partial charge < -0.3 is 15.2 Å². The summed E-state index contributed by atoms with van der Waals surface area (Å²) < 4.78 is 10.8.